The van der Waals surface area contributed by atoms with Crippen LogP contribution < -0.4 is 10.6 Å². The summed E-state index contributed by atoms with van der Waals surface area (Å²) in [6, 6.07) is 11.5. The first-order valence-electron chi connectivity index (χ1n) is 12.4. The molecule has 0 spiro atoms. The van der Waals surface area contributed by atoms with Gasteiger partial charge in [0.2, 0.25) is 15.9 Å². The lowest BCUT2D eigenvalue weighted by Gasteiger charge is -2.23. The minimum absolute atomic E-state index is 0.0508. The van der Waals surface area contributed by atoms with Gasteiger partial charge in [0.05, 0.1) is 17.5 Å². The Balaban J connectivity index is 1.44. The van der Waals surface area contributed by atoms with E-state index in [9.17, 15) is 27.2 Å². The van der Waals surface area contributed by atoms with Crippen LogP contribution >= 0.6 is 0 Å². The SMILES string of the molecule is CC(C)C[C@H](NC(=O)c1cc2ccccc2o1)C(=O)NC1CCCN(S(=O)(=O)c2cccc(F)c2)CC1=O. The molecule has 1 aromatic heterocycles. The van der Waals surface area contributed by atoms with E-state index in [1.165, 1.54) is 12.1 Å². The fourth-order valence-corrected chi connectivity index (χ4v) is 5.91. The summed E-state index contributed by atoms with van der Waals surface area (Å²) in [6.07, 6.45) is 0.857. The second-order valence-electron chi connectivity index (χ2n) is 9.77. The number of fused-ring (bicyclic) bond motifs is 1. The number of furan rings is 1. The molecule has 2 atom stereocenters. The Hall–Kier alpha value is -3.57. The van der Waals surface area contributed by atoms with Gasteiger partial charge in [0.1, 0.15) is 17.4 Å². The van der Waals surface area contributed by atoms with E-state index in [4.69, 9.17) is 4.42 Å². The van der Waals surface area contributed by atoms with Crippen LogP contribution in [0.25, 0.3) is 11.0 Å². The molecular weight excluding hydrogens is 513 g/mol. The Kier molecular flexibility index (Phi) is 8.27. The smallest absolute Gasteiger partial charge is 0.287 e. The fourth-order valence-electron chi connectivity index (χ4n) is 4.43. The molecule has 0 bridgehead atoms. The number of hydrogen-bond acceptors (Lipinski definition) is 6. The number of nitrogens with one attached hydrogen (secondary N) is 2. The number of benzene rings is 2. The minimum atomic E-state index is -4.09. The number of rotatable bonds is 8. The number of para-hydroxylation sites is 1. The Labute approximate surface area is 220 Å². The van der Waals surface area contributed by atoms with Crippen molar-refractivity contribution in [3.8, 4) is 0 Å². The third kappa shape index (κ3) is 6.28. The zero-order valence-electron chi connectivity index (χ0n) is 21.1. The van der Waals surface area contributed by atoms with E-state index in [2.05, 4.69) is 10.6 Å². The lowest BCUT2D eigenvalue weighted by molar-refractivity contribution is -0.129. The zero-order valence-corrected chi connectivity index (χ0v) is 22.0. The van der Waals surface area contributed by atoms with Crippen LogP contribution in [0.5, 0.6) is 0 Å². The number of carbonyl (C=O) groups is 3. The normalized spacial score (nSPS) is 17.8. The molecule has 2 heterocycles. The van der Waals surface area contributed by atoms with Gasteiger partial charge >= 0.3 is 0 Å². The highest BCUT2D eigenvalue weighted by Crippen LogP contribution is 2.21. The van der Waals surface area contributed by atoms with Crippen molar-refractivity contribution in [2.24, 2.45) is 5.92 Å². The predicted molar refractivity (Wildman–Crippen MR) is 138 cm³/mol. The number of Topliss-reactive ketones (excluding diaryl/α,β-unsaturated/α-hetero) is 1. The first kappa shape index (κ1) is 27.5. The molecule has 4 rings (SSSR count). The number of halogens is 1. The molecule has 1 aliphatic heterocycles. The molecule has 38 heavy (non-hydrogen) atoms. The van der Waals surface area contributed by atoms with Gasteiger partial charge < -0.3 is 15.1 Å². The van der Waals surface area contributed by atoms with Gasteiger partial charge in [0.25, 0.3) is 5.91 Å². The Morgan fingerprint density at radius 2 is 1.89 bits per heavy atom. The Morgan fingerprint density at radius 1 is 1.13 bits per heavy atom. The standard InChI is InChI=1S/C27H30FN3O6S/c1-17(2)13-22(30-27(34)25-14-18-7-3-4-11-24(18)37-25)26(33)29-21-10-6-12-31(16-23(21)32)38(35,36)20-9-5-8-19(28)15-20/h3-5,7-9,11,14-15,17,21-22H,6,10,12-13,16H2,1-2H3,(H,29,33)(H,30,34)/t21?,22-/m0/s1. The highest BCUT2D eigenvalue weighted by atomic mass is 32.2. The van der Waals surface area contributed by atoms with Gasteiger partial charge in [-0.25, -0.2) is 12.8 Å². The Morgan fingerprint density at radius 3 is 2.61 bits per heavy atom. The quantitative estimate of drug-likeness (QED) is 0.449. The van der Waals surface area contributed by atoms with E-state index in [1.54, 1.807) is 18.2 Å². The topological polar surface area (TPSA) is 126 Å². The van der Waals surface area contributed by atoms with E-state index in [0.717, 1.165) is 21.8 Å². The van der Waals surface area contributed by atoms with Crippen LogP contribution in [0, 0.1) is 11.7 Å². The van der Waals surface area contributed by atoms with Gasteiger partial charge in [-0.1, -0.05) is 38.1 Å². The van der Waals surface area contributed by atoms with Crippen molar-refractivity contribution in [1.82, 2.24) is 14.9 Å². The van der Waals surface area contributed by atoms with E-state index in [0.29, 0.717) is 18.4 Å². The van der Waals surface area contributed by atoms with Crippen LogP contribution in [-0.4, -0.2) is 55.5 Å². The summed E-state index contributed by atoms with van der Waals surface area (Å²) in [4.78, 5) is 38.8. The maximum absolute atomic E-state index is 13.6. The summed E-state index contributed by atoms with van der Waals surface area (Å²) in [6.45, 7) is 3.40. The molecule has 2 N–H and O–H groups in total. The molecule has 9 nitrogen and oxygen atoms in total. The van der Waals surface area contributed by atoms with E-state index in [1.807, 2.05) is 26.0 Å². The average Bonchev–Trinajstić information content (AvgIpc) is 3.22. The molecule has 3 aromatic rings. The molecule has 0 radical (unpaired) electrons. The monoisotopic (exact) mass is 543 g/mol. The van der Waals surface area contributed by atoms with Crippen molar-refractivity contribution >= 4 is 38.6 Å². The van der Waals surface area contributed by atoms with E-state index in [-0.39, 0.29) is 29.5 Å². The van der Waals surface area contributed by atoms with Crippen molar-refractivity contribution in [1.29, 1.82) is 0 Å². The van der Waals surface area contributed by atoms with E-state index >= 15 is 0 Å². The number of hydrogen-bond donors (Lipinski definition) is 2. The number of amides is 2. The molecule has 1 unspecified atom stereocenters. The maximum atomic E-state index is 13.6. The maximum Gasteiger partial charge on any atom is 0.287 e. The number of nitrogens with zero attached hydrogens (tertiary/aromatic N) is 1. The van der Waals surface area contributed by atoms with Crippen molar-refractivity contribution < 1.29 is 31.6 Å². The summed E-state index contributed by atoms with van der Waals surface area (Å²) in [7, 11) is -4.09. The van der Waals surface area contributed by atoms with Crippen LogP contribution in [0.3, 0.4) is 0 Å². The van der Waals surface area contributed by atoms with Crippen molar-refractivity contribution in [2.75, 3.05) is 13.1 Å². The van der Waals surface area contributed by atoms with Crippen molar-refractivity contribution in [3.05, 3.63) is 66.2 Å². The second kappa shape index (κ2) is 11.4. The lowest BCUT2D eigenvalue weighted by Crippen LogP contribution is -2.52. The lowest BCUT2D eigenvalue weighted by atomic mass is 10.0. The van der Waals surface area contributed by atoms with Gasteiger partial charge in [-0.15, -0.1) is 0 Å². The zero-order chi connectivity index (χ0) is 27.4. The second-order valence-corrected chi connectivity index (χ2v) is 11.7. The first-order chi connectivity index (χ1) is 18.0. The molecule has 202 valence electrons. The van der Waals surface area contributed by atoms with Crippen LogP contribution in [-0.2, 0) is 19.6 Å². The van der Waals surface area contributed by atoms with Crippen molar-refractivity contribution in [2.45, 2.75) is 50.1 Å². The molecule has 1 saturated heterocycles. The van der Waals surface area contributed by atoms with Gasteiger partial charge in [-0.05, 0) is 55.5 Å². The average molecular weight is 544 g/mol. The molecule has 11 heteroatoms. The molecule has 2 amide bonds. The fraction of sp³-hybridized carbons (Fsp3) is 0.370. The molecular formula is C27H30FN3O6S. The summed E-state index contributed by atoms with van der Waals surface area (Å²) < 4.78 is 46.2. The molecule has 0 saturated carbocycles. The van der Waals surface area contributed by atoms with Crippen LogP contribution in [0.4, 0.5) is 4.39 Å². The minimum Gasteiger partial charge on any atom is -0.451 e. The van der Waals surface area contributed by atoms with Gasteiger partial charge in [-0.2, -0.15) is 4.31 Å². The third-order valence-electron chi connectivity index (χ3n) is 6.35. The summed E-state index contributed by atoms with van der Waals surface area (Å²) in [5, 5.41) is 6.16. The predicted octanol–water partition coefficient (Wildman–Crippen LogP) is 3.26. The molecule has 1 fully saturated rings. The van der Waals surface area contributed by atoms with Gasteiger partial charge in [0.15, 0.2) is 11.5 Å². The summed E-state index contributed by atoms with van der Waals surface area (Å²) in [5.74, 6) is -2.15. The van der Waals surface area contributed by atoms with Gasteiger partial charge in [-0.3, -0.25) is 14.4 Å². The first-order valence-corrected chi connectivity index (χ1v) is 13.9. The van der Waals surface area contributed by atoms with Crippen molar-refractivity contribution in [3.63, 3.8) is 0 Å². The summed E-state index contributed by atoms with van der Waals surface area (Å²) in [5.41, 5.74) is 0.546. The van der Waals surface area contributed by atoms with Crippen LogP contribution in [0.15, 0.2) is 63.9 Å². The highest BCUT2D eigenvalue weighted by Gasteiger charge is 2.34. The largest absolute Gasteiger partial charge is 0.451 e. The van der Waals surface area contributed by atoms with E-state index < -0.39 is 52.1 Å². The van der Waals surface area contributed by atoms with Crippen LogP contribution in [0.2, 0.25) is 0 Å². The summed E-state index contributed by atoms with van der Waals surface area (Å²) >= 11 is 0. The third-order valence-corrected chi connectivity index (χ3v) is 8.19. The highest BCUT2D eigenvalue weighted by molar-refractivity contribution is 7.89. The molecule has 0 aliphatic carbocycles. The number of carbonyl (C=O) groups excluding carboxylic acids is 3. The Bertz CT molecular complexity index is 1420. The molecule has 2 aromatic carbocycles. The van der Waals surface area contributed by atoms with Gasteiger partial charge in [0, 0.05) is 11.9 Å². The van der Waals surface area contributed by atoms with Crippen LogP contribution in [0.1, 0.15) is 43.7 Å². The molecule has 1 aliphatic rings. The number of ketones is 1. The number of sulfonamides is 1.